The SMILES string of the molecule is C[N+](C)(C)CCCN1CCCC1=O. The van der Waals surface area contributed by atoms with Crippen LogP contribution in [0.25, 0.3) is 0 Å². The Morgan fingerprint density at radius 1 is 1.38 bits per heavy atom. The second-order valence-electron chi connectivity index (χ2n) is 4.85. The van der Waals surface area contributed by atoms with Gasteiger partial charge in [-0.25, -0.2) is 0 Å². The van der Waals surface area contributed by atoms with Gasteiger partial charge in [0, 0.05) is 25.9 Å². The first-order valence-electron chi connectivity index (χ1n) is 5.07. The lowest BCUT2D eigenvalue weighted by atomic mass is 10.3. The summed E-state index contributed by atoms with van der Waals surface area (Å²) in [6, 6.07) is 0. The zero-order valence-electron chi connectivity index (χ0n) is 9.05. The Balaban J connectivity index is 2.16. The molecule has 0 aromatic carbocycles. The van der Waals surface area contributed by atoms with Crippen molar-refractivity contribution < 1.29 is 9.28 Å². The van der Waals surface area contributed by atoms with Crippen LogP contribution in [0.4, 0.5) is 0 Å². The van der Waals surface area contributed by atoms with E-state index in [1.165, 1.54) is 0 Å². The molecule has 0 bridgehead atoms. The van der Waals surface area contributed by atoms with E-state index in [2.05, 4.69) is 21.1 Å². The second kappa shape index (κ2) is 4.09. The predicted octanol–water partition coefficient (Wildman–Crippen LogP) is 0.705. The summed E-state index contributed by atoms with van der Waals surface area (Å²) in [6.07, 6.45) is 2.95. The molecule has 0 radical (unpaired) electrons. The van der Waals surface area contributed by atoms with Crippen LogP contribution >= 0.6 is 0 Å². The van der Waals surface area contributed by atoms with E-state index >= 15 is 0 Å². The molecule has 1 aliphatic heterocycles. The molecule has 1 heterocycles. The monoisotopic (exact) mass is 185 g/mol. The molecule has 1 fully saturated rings. The molecule has 0 N–H and O–H groups in total. The first-order valence-corrected chi connectivity index (χ1v) is 5.07. The molecule has 1 rings (SSSR count). The number of hydrogen-bond acceptors (Lipinski definition) is 1. The van der Waals surface area contributed by atoms with Crippen molar-refractivity contribution >= 4 is 5.91 Å². The highest BCUT2D eigenvalue weighted by molar-refractivity contribution is 5.77. The smallest absolute Gasteiger partial charge is 0.222 e. The normalized spacial score (nSPS) is 18.4. The third kappa shape index (κ3) is 3.77. The molecule has 0 aliphatic carbocycles. The minimum atomic E-state index is 0.349. The predicted molar refractivity (Wildman–Crippen MR) is 53.3 cm³/mol. The van der Waals surface area contributed by atoms with Crippen molar-refractivity contribution in [2.24, 2.45) is 0 Å². The van der Waals surface area contributed by atoms with Crippen molar-refractivity contribution in [3.63, 3.8) is 0 Å². The number of nitrogens with zero attached hydrogens (tertiary/aromatic N) is 2. The van der Waals surface area contributed by atoms with Crippen molar-refractivity contribution in [1.82, 2.24) is 4.90 Å². The Labute approximate surface area is 80.9 Å². The molecular weight excluding hydrogens is 164 g/mol. The minimum absolute atomic E-state index is 0.349. The second-order valence-corrected chi connectivity index (χ2v) is 4.85. The quantitative estimate of drug-likeness (QED) is 0.591. The van der Waals surface area contributed by atoms with Gasteiger partial charge in [-0.2, -0.15) is 0 Å². The van der Waals surface area contributed by atoms with Gasteiger partial charge in [0.1, 0.15) is 0 Å². The van der Waals surface area contributed by atoms with Gasteiger partial charge in [0.2, 0.25) is 5.91 Å². The third-order valence-electron chi connectivity index (χ3n) is 2.43. The minimum Gasteiger partial charge on any atom is -0.342 e. The van der Waals surface area contributed by atoms with Crippen LogP contribution in [0.15, 0.2) is 0 Å². The summed E-state index contributed by atoms with van der Waals surface area (Å²) in [5, 5.41) is 0. The Kier molecular flexibility index (Phi) is 3.31. The van der Waals surface area contributed by atoms with Crippen molar-refractivity contribution in [3.8, 4) is 0 Å². The molecular formula is C10H21N2O+. The van der Waals surface area contributed by atoms with E-state index in [0.29, 0.717) is 5.91 Å². The van der Waals surface area contributed by atoms with Crippen molar-refractivity contribution in [1.29, 1.82) is 0 Å². The maximum atomic E-state index is 11.3. The summed E-state index contributed by atoms with van der Waals surface area (Å²) in [5.74, 6) is 0.349. The van der Waals surface area contributed by atoms with Gasteiger partial charge in [-0.05, 0) is 6.42 Å². The van der Waals surface area contributed by atoms with Gasteiger partial charge >= 0.3 is 0 Å². The number of likely N-dealkylation sites (tertiary alicyclic amines) is 1. The van der Waals surface area contributed by atoms with Crippen LogP contribution in [-0.4, -0.2) is 56.1 Å². The molecule has 0 spiro atoms. The highest BCUT2D eigenvalue weighted by atomic mass is 16.2. The molecule has 13 heavy (non-hydrogen) atoms. The first kappa shape index (κ1) is 10.5. The van der Waals surface area contributed by atoms with Gasteiger partial charge in [0.15, 0.2) is 0 Å². The van der Waals surface area contributed by atoms with Crippen LogP contribution in [0.3, 0.4) is 0 Å². The summed E-state index contributed by atoms with van der Waals surface area (Å²) in [4.78, 5) is 13.2. The number of amides is 1. The van der Waals surface area contributed by atoms with E-state index in [4.69, 9.17) is 0 Å². The lowest BCUT2D eigenvalue weighted by Gasteiger charge is -2.25. The average molecular weight is 185 g/mol. The molecule has 76 valence electrons. The fourth-order valence-corrected chi connectivity index (χ4v) is 1.68. The zero-order valence-corrected chi connectivity index (χ0v) is 9.05. The van der Waals surface area contributed by atoms with Crippen LogP contribution in [0, 0.1) is 0 Å². The van der Waals surface area contributed by atoms with Crippen molar-refractivity contribution in [2.75, 3.05) is 40.8 Å². The summed E-state index contributed by atoms with van der Waals surface area (Å²) in [5.41, 5.74) is 0. The van der Waals surface area contributed by atoms with Gasteiger partial charge < -0.3 is 9.38 Å². The summed E-state index contributed by atoms with van der Waals surface area (Å²) in [6.45, 7) is 3.08. The van der Waals surface area contributed by atoms with Crippen LogP contribution in [0.1, 0.15) is 19.3 Å². The molecule has 1 aliphatic rings. The number of carbonyl (C=O) groups is 1. The standard InChI is InChI=1S/C10H21N2O/c1-12(2,3)9-5-8-11-7-4-6-10(11)13/h4-9H2,1-3H3/q+1. The van der Waals surface area contributed by atoms with Crippen LogP contribution in [0.2, 0.25) is 0 Å². The zero-order chi connectivity index (χ0) is 9.90. The van der Waals surface area contributed by atoms with E-state index < -0.39 is 0 Å². The van der Waals surface area contributed by atoms with Gasteiger partial charge in [-0.1, -0.05) is 0 Å². The van der Waals surface area contributed by atoms with E-state index in [9.17, 15) is 4.79 Å². The summed E-state index contributed by atoms with van der Waals surface area (Å²) < 4.78 is 0.988. The molecule has 0 aromatic heterocycles. The van der Waals surface area contributed by atoms with Gasteiger partial charge in [-0.3, -0.25) is 4.79 Å². The largest absolute Gasteiger partial charge is 0.342 e. The molecule has 0 atom stereocenters. The van der Waals surface area contributed by atoms with Crippen LogP contribution in [0.5, 0.6) is 0 Å². The van der Waals surface area contributed by atoms with E-state index in [1.54, 1.807) is 0 Å². The van der Waals surface area contributed by atoms with Crippen molar-refractivity contribution in [3.05, 3.63) is 0 Å². The number of quaternary nitrogens is 1. The summed E-state index contributed by atoms with van der Waals surface area (Å²) >= 11 is 0. The van der Waals surface area contributed by atoms with Gasteiger partial charge in [0.25, 0.3) is 0 Å². The van der Waals surface area contributed by atoms with E-state index in [-0.39, 0.29) is 0 Å². The maximum Gasteiger partial charge on any atom is 0.222 e. The first-order chi connectivity index (χ1) is 5.99. The molecule has 0 unspecified atom stereocenters. The van der Waals surface area contributed by atoms with E-state index in [0.717, 1.165) is 43.4 Å². The highest BCUT2D eigenvalue weighted by Gasteiger charge is 2.20. The Morgan fingerprint density at radius 2 is 2.08 bits per heavy atom. The fraction of sp³-hybridized carbons (Fsp3) is 0.900. The number of rotatable bonds is 4. The van der Waals surface area contributed by atoms with Gasteiger partial charge in [0.05, 0.1) is 27.7 Å². The van der Waals surface area contributed by atoms with Crippen LogP contribution in [-0.2, 0) is 4.79 Å². The summed E-state index contributed by atoms with van der Waals surface area (Å²) in [7, 11) is 6.56. The fourth-order valence-electron chi connectivity index (χ4n) is 1.68. The van der Waals surface area contributed by atoms with Crippen LogP contribution < -0.4 is 0 Å². The molecule has 1 amide bonds. The number of carbonyl (C=O) groups excluding carboxylic acids is 1. The topological polar surface area (TPSA) is 20.3 Å². The molecule has 0 saturated carbocycles. The lowest BCUT2D eigenvalue weighted by molar-refractivity contribution is -0.870. The molecule has 3 heteroatoms. The molecule has 0 aromatic rings. The lowest BCUT2D eigenvalue weighted by Crippen LogP contribution is -2.37. The molecule has 3 nitrogen and oxygen atoms in total. The average Bonchev–Trinajstić information content (AvgIpc) is 2.34. The van der Waals surface area contributed by atoms with Crippen molar-refractivity contribution in [2.45, 2.75) is 19.3 Å². The Bertz CT molecular complexity index is 184. The van der Waals surface area contributed by atoms with Gasteiger partial charge in [-0.15, -0.1) is 0 Å². The number of hydrogen-bond donors (Lipinski definition) is 0. The van der Waals surface area contributed by atoms with E-state index in [1.807, 2.05) is 4.90 Å². The molecule has 1 saturated heterocycles. The highest BCUT2D eigenvalue weighted by Crippen LogP contribution is 2.10. The maximum absolute atomic E-state index is 11.3. The Morgan fingerprint density at radius 3 is 2.54 bits per heavy atom. The third-order valence-corrected chi connectivity index (χ3v) is 2.43. The Hall–Kier alpha value is -0.570.